The van der Waals surface area contributed by atoms with Crippen molar-refractivity contribution in [1.82, 2.24) is 24.8 Å². The number of carbonyl (C=O) groups is 1. The number of aliphatic hydroxyl groups is 1. The molecule has 3 aromatic heterocycles. The van der Waals surface area contributed by atoms with Crippen LogP contribution in [0.2, 0.25) is 0 Å². The van der Waals surface area contributed by atoms with E-state index in [0.717, 1.165) is 71.0 Å². The maximum Gasteiger partial charge on any atom is 0.253 e. The van der Waals surface area contributed by atoms with Crippen molar-refractivity contribution in [3.05, 3.63) is 142 Å². The number of aromatic nitrogens is 4. The number of hydrogen-bond acceptors (Lipinski definition) is 13. The molecule has 0 saturated heterocycles. The minimum atomic E-state index is -0.0351. The molecule has 0 aliphatic carbocycles. The van der Waals surface area contributed by atoms with Crippen LogP contribution in [0.4, 0.5) is 11.6 Å². The Bertz CT molecular complexity index is 3010. The van der Waals surface area contributed by atoms with E-state index in [2.05, 4.69) is 86.9 Å². The number of anilines is 2. The zero-order valence-electron chi connectivity index (χ0n) is 38.9. The Kier molecular flexibility index (Phi) is 14.6. The van der Waals surface area contributed by atoms with Crippen LogP contribution in [-0.4, -0.2) is 78.4 Å². The number of nitrogens with zero attached hydrogens (tertiary/aromatic N) is 5. The minimum absolute atomic E-state index is 0.0165. The Morgan fingerprint density at radius 2 is 1.06 bits per heavy atom. The van der Waals surface area contributed by atoms with Crippen molar-refractivity contribution in [3.8, 4) is 44.6 Å². The van der Waals surface area contributed by atoms with Gasteiger partial charge in [-0.1, -0.05) is 48.5 Å². The highest BCUT2D eigenvalue weighted by molar-refractivity contribution is 7.15. The number of benzene rings is 5. The average molecular weight is 906 g/mol. The van der Waals surface area contributed by atoms with E-state index in [9.17, 15) is 9.90 Å². The van der Waals surface area contributed by atoms with E-state index < -0.39 is 0 Å². The summed E-state index contributed by atoms with van der Waals surface area (Å²) >= 11 is 1.60. The van der Waals surface area contributed by atoms with Crippen molar-refractivity contribution in [2.24, 2.45) is 0 Å². The Morgan fingerprint density at radius 1 is 0.606 bits per heavy atom. The summed E-state index contributed by atoms with van der Waals surface area (Å²) < 4.78 is 21.8. The molecule has 0 unspecified atom stereocenters. The van der Waals surface area contributed by atoms with E-state index in [4.69, 9.17) is 18.9 Å². The van der Waals surface area contributed by atoms with Crippen LogP contribution in [-0.2, 0) is 6.61 Å². The predicted octanol–water partition coefficient (Wildman–Crippen LogP) is 10.8. The van der Waals surface area contributed by atoms with Gasteiger partial charge < -0.3 is 39.6 Å². The van der Waals surface area contributed by atoms with Gasteiger partial charge in [0.1, 0.15) is 23.3 Å². The maximum absolute atomic E-state index is 12.4. The third kappa shape index (κ3) is 10.5. The molecular weight excluding hydrogens is 851 g/mol. The monoisotopic (exact) mass is 905 g/mol. The Labute approximate surface area is 389 Å². The summed E-state index contributed by atoms with van der Waals surface area (Å²) in [6.45, 7) is 8.01. The van der Waals surface area contributed by atoms with Crippen LogP contribution in [0.3, 0.4) is 0 Å². The minimum Gasteiger partial charge on any atom is -0.493 e. The predicted molar refractivity (Wildman–Crippen MR) is 264 cm³/mol. The fraction of sp³-hybridized carbons (Fsp3) is 0.250. The summed E-state index contributed by atoms with van der Waals surface area (Å²) in [5, 5.41) is 18.2. The fourth-order valence-corrected chi connectivity index (χ4v) is 8.46. The van der Waals surface area contributed by atoms with Gasteiger partial charge >= 0.3 is 0 Å². The van der Waals surface area contributed by atoms with Crippen molar-refractivity contribution in [2.75, 3.05) is 53.2 Å². The van der Waals surface area contributed by atoms with E-state index in [1.165, 1.54) is 0 Å². The SMILES string of the molecule is COc1cc2nc(C)nc(N[C@H](C)c3cccc(-c4ccc(CO)s4)c3)c2cc1OC.COc1cc2nc(C)nc(N[C@H](C)c3cccc(-c4cccc(C(=O)N(C)C)c4)c3)c2cc1OC. The molecule has 8 aromatic rings. The third-order valence-electron chi connectivity index (χ3n) is 11.1. The van der Waals surface area contributed by atoms with Gasteiger partial charge in [0.25, 0.3) is 5.91 Å². The first-order chi connectivity index (χ1) is 31.8. The molecule has 66 heavy (non-hydrogen) atoms. The van der Waals surface area contributed by atoms with Gasteiger partial charge in [0.05, 0.1) is 46.1 Å². The number of hydrogen-bond donors (Lipinski definition) is 3. The highest BCUT2D eigenvalue weighted by atomic mass is 32.1. The van der Waals surface area contributed by atoms with Crippen molar-refractivity contribution >= 4 is 50.7 Å². The topological polar surface area (TPSA) is 153 Å². The first-order valence-corrected chi connectivity index (χ1v) is 22.2. The summed E-state index contributed by atoms with van der Waals surface area (Å²) in [5.74, 6) is 5.32. The highest BCUT2D eigenvalue weighted by Crippen LogP contribution is 2.38. The normalized spacial score (nSPS) is 11.9. The largest absolute Gasteiger partial charge is 0.493 e. The molecule has 3 N–H and O–H groups in total. The number of rotatable bonds is 14. The molecule has 2 atom stereocenters. The van der Waals surface area contributed by atoms with Crippen molar-refractivity contribution in [2.45, 2.75) is 46.4 Å². The third-order valence-corrected chi connectivity index (χ3v) is 12.2. The number of thiophene rings is 1. The van der Waals surface area contributed by atoms with Gasteiger partial charge in [-0.25, -0.2) is 19.9 Å². The summed E-state index contributed by atoms with van der Waals surface area (Å²) in [7, 11) is 9.97. The van der Waals surface area contributed by atoms with Crippen LogP contribution in [0.25, 0.3) is 43.4 Å². The van der Waals surface area contributed by atoms with Crippen LogP contribution in [0, 0.1) is 13.8 Å². The van der Waals surface area contributed by atoms with Gasteiger partial charge in [-0.15, -0.1) is 11.3 Å². The van der Waals surface area contributed by atoms with Gasteiger partial charge in [-0.3, -0.25) is 4.79 Å². The van der Waals surface area contributed by atoms with Crippen LogP contribution >= 0.6 is 11.3 Å². The van der Waals surface area contributed by atoms with Gasteiger partial charge in [0.2, 0.25) is 0 Å². The standard InChI is InChI=1S/C28H30N4O3.C24H25N3O3S/c1-17(29-27-23-15-25(34-5)26(35-6)16-24(23)30-18(2)31-27)19-9-7-10-20(13-19)21-11-8-12-22(14-21)28(33)32(3)4;1-14(16-6-5-7-17(10-16)23-9-8-18(13-28)31-23)25-24-19-11-21(29-3)22(30-4)12-20(19)26-15(2)27-24/h7-17H,1-6H3,(H,29,30,31);5-12,14,28H,13H2,1-4H3,(H,25,26,27)/t17-;14-/m11/s1. The number of amides is 1. The first kappa shape index (κ1) is 46.7. The number of nitrogens with one attached hydrogen (secondary N) is 2. The average Bonchev–Trinajstić information content (AvgIpc) is 3.83. The Morgan fingerprint density at radius 3 is 1.53 bits per heavy atom. The number of aryl methyl sites for hydroxylation is 2. The summed E-state index contributed by atoms with van der Waals surface area (Å²) in [6, 6.07) is 35.9. The summed E-state index contributed by atoms with van der Waals surface area (Å²) in [4.78, 5) is 34.5. The highest BCUT2D eigenvalue weighted by Gasteiger charge is 2.18. The van der Waals surface area contributed by atoms with Gasteiger partial charge in [-0.2, -0.15) is 0 Å². The molecule has 0 fully saturated rings. The summed E-state index contributed by atoms with van der Waals surface area (Å²) in [6.07, 6.45) is 0. The lowest BCUT2D eigenvalue weighted by Crippen LogP contribution is -2.21. The number of methoxy groups -OCH3 is 4. The second-order valence-corrected chi connectivity index (χ2v) is 17.0. The van der Waals surface area contributed by atoms with E-state index in [1.54, 1.807) is 58.8 Å². The van der Waals surface area contributed by atoms with Crippen LogP contribution in [0.1, 0.15) is 63.9 Å². The molecule has 0 radical (unpaired) electrons. The second-order valence-electron chi connectivity index (χ2n) is 15.9. The van der Waals surface area contributed by atoms with E-state index >= 15 is 0 Å². The van der Waals surface area contributed by atoms with Gasteiger partial charge in [0, 0.05) is 64.4 Å². The van der Waals surface area contributed by atoms with E-state index in [-0.39, 0.29) is 24.6 Å². The molecule has 0 aliphatic heterocycles. The molecule has 3 heterocycles. The fourth-order valence-electron chi connectivity index (χ4n) is 7.60. The van der Waals surface area contributed by atoms with Crippen molar-refractivity contribution in [1.29, 1.82) is 0 Å². The zero-order valence-corrected chi connectivity index (χ0v) is 39.7. The molecular formula is C52H55N7O6S. The smallest absolute Gasteiger partial charge is 0.253 e. The first-order valence-electron chi connectivity index (χ1n) is 21.4. The molecule has 14 heteroatoms. The molecule has 13 nitrogen and oxygen atoms in total. The number of ether oxygens (including phenoxy) is 4. The van der Waals surface area contributed by atoms with Crippen LogP contribution < -0.4 is 29.6 Å². The number of aliphatic hydroxyl groups excluding tert-OH is 1. The molecule has 0 spiro atoms. The van der Waals surface area contributed by atoms with Crippen molar-refractivity contribution < 1.29 is 28.8 Å². The summed E-state index contributed by atoms with van der Waals surface area (Å²) in [5.41, 5.74) is 7.64. The second kappa shape index (κ2) is 20.7. The lowest BCUT2D eigenvalue weighted by molar-refractivity contribution is 0.0827. The zero-order chi connectivity index (χ0) is 47.1. The lowest BCUT2D eigenvalue weighted by Gasteiger charge is -2.19. The molecule has 0 bridgehead atoms. The lowest BCUT2D eigenvalue weighted by atomic mass is 9.98. The molecule has 0 aliphatic rings. The van der Waals surface area contributed by atoms with E-state index in [1.807, 2.05) is 80.6 Å². The van der Waals surface area contributed by atoms with Crippen molar-refractivity contribution in [3.63, 3.8) is 0 Å². The van der Waals surface area contributed by atoms with Crippen LogP contribution in [0.5, 0.6) is 23.0 Å². The van der Waals surface area contributed by atoms with Gasteiger partial charge in [-0.05, 0) is 104 Å². The molecule has 0 saturated carbocycles. The Hall–Kier alpha value is -7.29. The van der Waals surface area contributed by atoms with Crippen LogP contribution in [0.15, 0.2) is 109 Å². The molecule has 5 aromatic carbocycles. The number of fused-ring (bicyclic) bond motifs is 2. The maximum atomic E-state index is 12.4. The molecule has 340 valence electrons. The van der Waals surface area contributed by atoms with Gasteiger partial charge in [0.15, 0.2) is 23.0 Å². The molecule has 1 amide bonds. The quantitative estimate of drug-likeness (QED) is 0.0952. The Balaban J connectivity index is 0.000000198. The number of carbonyl (C=O) groups excluding carboxylic acids is 1. The molecule has 8 rings (SSSR count). The van der Waals surface area contributed by atoms with E-state index in [0.29, 0.717) is 40.2 Å².